The lowest BCUT2D eigenvalue weighted by Crippen LogP contribution is -2.68. The number of hydrogen-bond acceptors (Lipinski definition) is 6. The summed E-state index contributed by atoms with van der Waals surface area (Å²) in [5.41, 5.74) is 0.926. The average molecular weight is 696 g/mol. The minimum Gasteiger partial charge on any atom is -0.442 e. The van der Waals surface area contributed by atoms with Crippen LogP contribution in [0, 0.1) is 0 Å². The molecule has 3 atom stereocenters. The van der Waals surface area contributed by atoms with E-state index in [2.05, 4.69) is 5.32 Å². The molecule has 9 nitrogen and oxygen atoms in total. The summed E-state index contributed by atoms with van der Waals surface area (Å²) < 4.78 is 53.5. The van der Waals surface area contributed by atoms with Gasteiger partial charge in [-0.15, -0.1) is 0 Å². The van der Waals surface area contributed by atoms with E-state index in [-0.39, 0.29) is 26.2 Å². The number of benzene rings is 1. The Morgan fingerprint density at radius 3 is 2.12 bits per heavy atom. The lowest BCUT2D eigenvalue weighted by atomic mass is 10.1. The summed E-state index contributed by atoms with van der Waals surface area (Å²) in [6.07, 6.45) is -8.35. The number of nitrogens with one attached hydrogen (secondary N) is 2. The fourth-order valence-corrected chi connectivity index (χ4v) is 4.81. The Balaban J connectivity index is 1.66. The van der Waals surface area contributed by atoms with Crippen LogP contribution in [-0.2, 0) is 14.3 Å². The van der Waals surface area contributed by atoms with E-state index in [4.69, 9.17) is 74.3 Å². The molecule has 2 aliphatic rings. The smallest absolute Gasteiger partial charge is 0.442 e. The van der Waals surface area contributed by atoms with Gasteiger partial charge in [-0.3, -0.25) is 14.5 Å². The van der Waals surface area contributed by atoms with E-state index in [1.54, 1.807) is 34.5 Å². The molecule has 3 amide bonds. The van der Waals surface area contributed by atoms with Crippen molar-refractivity contribution in [2.24, 2.45) is 0 Å². The average Bonchev–Trinajstić information content (AvgIpc) is 3.19. The van der Waals surface area contributed by atoms with Gasteiger partial charge in [0.05, 0.1) is 19.6 Å². The number of anilines is 2. The maximum absolute atomic E-state index is 15.9. The zero-order chi connectivity index (χ0) is 30.3. The van der Waals surface area contributed by atoms with Gasteiger partial charge in [0, 0.05) is 24.5 Å². The van der Waals surface area contributed by atoms with Crippen molar-refractivity contribution in [3.05, 3.63) is 24.3 Å². The molecule has 0 radical (unpaired) electrons. The molecule has 1 aromatic carbocycles. The first kappa shape index (κ1) is 33.2. The number of amides is 3. The molecule has 2 saturated heterocycles. The van der Waals surface area contributed by atoms with Crippen LogP contribution in [0.25, 0.3) is 0 Å². The van der Waals surface area contributed by atoms with Crippen LogP contribution < -0.4 is 20.4 Å². The van der Waals surface area contributed by atoms with Gasteiger partial charge >= 0.3 is 18.2 Å². The van der Waals surface area contributed by atoms with E-state index < -0.39 is 56.3 Å². The summed E-state index contributed by atoms with van der Waals surface area (Å²) in [5, 5.41) is 3.93. The van der Waals surface area contributed by atoms with Crippen LogP contribution in [-0.4, -0.2) is 87.4 Å². The van der Waals surface area contributed by atoms with Crippen molar-refractivity contribution in [1.29, 1.82) is 0 Å². The number of piperazine rings is 1. The topological polar surface area (TPSA) is 94.2 Å². The molecule has 2 N–H and O–H groups in total. The van der Waals surface area contributed by atoms with Crippen molar-refractivity contribution in [3.8, 4) is 0 Å². The minimum atomic E-state index is -5.06. The van der Waals surface area contributed by atoms with Gasteiger partial charge in [-0.25, -0.2) is 14.1 Å². The zero-order valence-electron chi connectivity index (χ0n) is 20.3. The molecule has 2 aliphatic heterocycles. The van der Waals surface area contributed by atoms with Crippen LogP contribution in [0.3, 0.4) is 0 Å². The standard InChI is InChI=1S/C21H21Cl6F4N5O4/c1-18(28)10-34(6-7-36(18)14(19(22,23)24)33-15(37)20(25,26)27)11-2-4-12(5-3-11)35-9-13(40-17(35)39)8-32-16(38)21(29,30)31/h2-5,13-14H,6-10H2,1H3,(H,32,38)(H,33,37). The van der Waals surface area contributed by atoms with Crippen molar-refractivity contribution in [2.45, 2.75) is 38.7 Å². The molecule has 0 spiro atoms. The van der Waals surface area contributed by atoms with Crippen molar-refractivity contribution in [1.82, 2.24) is 15.5 Å². The van der Waals surface area contributed by atoms with E-state index in [0.717, 1.165) is 4.90 Å². The van der Waals surface area contributed by atoms with Gasteiger partial charge in [0.2, 0.25) is 3.79 Å². The van der Waals surface area contributed by atoms with Crippen LogP contribution in [0.15, 0.2) is 24.3 Å². The third kappa shape index (κ3) is 8.14. The van der Waals surface area contributed by atoms with Gasteiger partial charge < -0.3 is 20.3 Å². The predicted octanol–water partition coefficient (Wildman–Crippen LogP) is 4.68. The van der Waals surface area contributed by atoms with Gasteiger partial charge in [0.25, 0.3) is 9.70 Å². The number of hydrogen-bond donors (Lipinski definition) is 2. The Hall–Kier alpha value is -1.35. The van der Waals surface area contributed by atoms with Crippen LogP contribution in [0.2, 0.25) is 0 Å². The first-order chi connectivity index (χ1) is 18.2. The molecule has 0 aromatic heterocycles. The molecule has 2 heterocycles. The number of carbonyl (C=O) groups excluding carboxylic acids is 3. The Labute approximate surface area is 255 Å². The van der Waals surface area contributed by atoms with Crippen molar-refractivity contribution >= 4 is 98.9 Å². The van der Waals surface area contributed by atoms with Crippen molar-refractivity contribution in [2.75, 3.05) is 42.5 Å². The van der Waals surface area contributed by atoms with Crippen molar-refractivity contribution in [3.63, 3.8) is 0 Å². The number of carbonyl (C=O) groups is 3. The van der Waals surface area contributed by atoms with Gasteiger partial charge in [0.15, 0.2) is 5.79 Å². The maximum atomic E-state index is 15.9. The van der Waals surface area contributed by atoms with Crippen LogP contribution in [0.4, 0.5) is 33.7 Å². The Bertz CT molecular complexity index is 1120. The molecule has 0 aliphatic carbocycles. The minimum absolute atomic E-state index is 0.0305. The summed E-state index contributed by atoms with van der Waals surface area (Å²) in [6, 6.07) is 6.29. The highest BCUT2D eigenvalue weighted by molar-refractivity contribution is 6.76. The van der Waals surface area contributed by atoms with E-state index in [1.165, 1.54) is 11.8 Å². The number of alkyl halides is 10. The fourth-order valence-electron chi connectivity index (χ4n) is 4.13. The summed E-state index contributed by atoms with van der Waals surface area (Å²) in [7, 11) is 0. The highest BCUT2D eigenvalue weighted by atomic mass is 35.6. The van der Waals surface area contributed by atoms with Gasteiger partial charge in [-0.05, 0) is 31.2 Å². The first-order valence-corrected chi connectivity index (χ1v) is 13.5. The SMILES string of the molecule is CC1(F)CN(c2ccc(N3CC(CNC(=O)C(F)(F)F)OC3=O)cc2)CCN1C(NC(=O)C(Cl)(Cl)Cl)C(Cl)(Cl)Cl. The van der Waals surface area contributed by atoms with Crippen LogP contribution >= 0.6 is 69.6 Å². The van der Waals surface area contributed by atoms with E-state index in [1.807, 2.05) is 0 Å². The molecule has 0 bridgehead atoms. The molecule has 1 aromatic rings. The molecule has 40 heavy (non-hydrogen) atoms. The quantitative estimate of drug-likeness (QED) is 0.255. The summed E-state index contributed by atoms with van der Waals surface area (Å²) in [5.74, 6) is -5.41. The van der Waals surface area contributed by atoms with Gasteiger partial charge in [-0.2, -0.15) is 13.2 Å². The highest BCUT2D eigenvalue weighted by Gasteiger charge is 2.50. The summed E-state index contributed by atoms with van der Waals surface area (Å²) >= 11 is 34.8. The highest BCUT2D eigenvalue weighted by Crippen LogP contribution is 2.39. The third-order valence-corrected chi connectivity index (χ3v) is 7.12. The maximum Gasteiger partial charge on any atom is 0.471 e. The molecular weight excluding hydrogens is 675 g/mol. The Kier molecular flexibility index (Phi) is 10.0. The number of nitrogens with zero attached hydrogens (tertiary/aromatic N) is 3. The second-order valence-corrected chi connectivity index (χ2v) is 13.7. The number of cyclic esters (lactones) is 1. The number of rotatable bonds is 6. The zero-order valence-corrected chi connectivity index (χ0v) is 24.8. The monoisotopic (exact) mass is 693 g/mol. The van der Waals surface area contributed by atoms with E-state index in [9.17, 15) is 27.6 Å². The number of ether oxygens (including phenoxy) is 1. The molecule has 224 valence electrons. The Morgan fingerprint density at radius 1 is 1.05 bits per heavy atom. The lowest BCUT2D eigenvalue weighted by Gasteiger charge is -2.49. The second-order valence-electron chi connectivity index (χ2n) is 9.01. The molecule has 3 unspecified atom stereocenters. The summed E-state index contributed by atoms with van der Waals surface area (Å²) in [4.78, 5) is 39.4. The largest absolute Gasteiger partial charge is 0.471 e. The van der Waals surface area contributed by atoms with Gasteiger partial charge in [-0.1, -0.05) is 69.6 Å². The molecule has 19 heteroatoms. The molecule has 0 saturated carbocycles. The lowest BCUT2D eigenvalue weighted by molar-refractivity contribution is -0.173. The van der Waals surface area contributed by atoms with Gasteiger partial charge in [0.1, 0.15) is 12.3 Å². The second kappa shape index (κ2) is 12.1. The fraction of sp³-hybridized carbons (Fsp3) is 0.571. The first-order valence-electron chi connectivity index (χ1n) is 11.3. The molecular formula is C21H21Cl6F4N5O4. The predicted molar refractivity (Wildman–Crippen MR) is 144 cm³/mol. The van der Waals surface area contributed by atoms with Crippen LogP contribution in [0.5, 0.6) is 0 Å². The molecule has 2 fully saturated rings. The summed E-state index contributed by atoms with van der Waals surface area (Å²) in [6.45, 7) is 0.547. The van der Waals surface area contributed by atoms with E-state index >= 15 is 4.39 Å². The van der Waals surface area contributed by atoms with Crippen LogP contribution in [0.1, 0.15) is 6.92 Å². The number of halogens is 10. The van der Waals surface area contributed by atoms with E-state index in [0.29, 0.717) is 11.4 Å². The Morgan fingerprint density at radius 2 is 1.62 bits per heavy atom. The van der Waals surface area contributed by atoms with Crippen molar-refractivity contribution < 1.29 is 36.7 Å². The molecule has 3 rings (SSSR count). The normalized spacial score (nSPS) is 23.6. The third-order valence-electron chi connectivity index (χ3n) is 5.98.